The zero-order valence-corrected chi connectivity index (χ0v) is 10.7. The molecule has 0 saturated heterocycles. The number of carbonyl (C=O) groups excluding carboxylic acids is 1. The van der Waals surface area contributed by atoms with Gasteiger partial charge in [-0.15, -0.1) is 0 Å². The van der Waals surface area contributed by atoms with E-state index in [1.807, 2.05) is 6.92 Å². The highest BCUT2D eigenvalue weighted by Crippen LogP contribution is 2.21. The molecule has 0 heterocycles. The fourth-order valence-electron chi connectivity index (χ4n) is 1.59. The third-order valence-corrected chi connectivity index (χ3v) is 2.60. The molecular formula is C12H14F2N2O4. The van der Waals surface area contributed by atoms with Crippen LogP contribution in [0.15, 0.2) is 12.1 Å². The Kier molecular flexibility index (Phi) is 5.51. The molecule has 0 fully saturated rings. The Bertz CT molecular complexity index is 522. The maximum atomic E-state index is 13.5. The molecule has 6 nitrogen and oxygen atoms in total. The van der Waals surface area contributed by atoms with Crippen molar-refractivity contribution in [1.29, 1.82) is 0 Å². The topological polar surface area (TPSA) is 92.5 Å². The number of rotatable bonds is 6. The lowest BCUT2D eigenvalue weighted by atomic mass is 10.1. The number of hydrogen-bond donors (Lipinski definition) is 2. The van der Waals surface area contributed by atoms with Crippen LogP contribution in [0, 0.1) is 21.7 Å². The SMILES string of the molecule is CCCC(O)CNC(=O)c1cc(F)c([N+](=O)[O-])cc1F. The largest absolute Gasteiger partial charge is 0.391 e. The van der Waals surface area contributed by atoms with Crippen LogP contribution in [0.2, 0.25) is 0 Å². The highest BCUT2D eigenvalue weighted by Gasteiger charge is 2.22. The summed E-state index contributed by atoms with van der Waals surface area (Å²) in [5.74, 6) is -3.43. The van der Waals surface area contributed by atoms with E-state index in [2.05, 4.69) is 5.32 Å². The molecule has 0 radical (unpaired) electrons. The molecule has 0 bridgehead atoms. The predicted molar refractivity (Wildman–Crippen MR) is 66.3 cm³/mol. The molecular weight excluding hydrogens is 274 g/mol. The van der Waals surface area contributed by atoms with Gasteiger partial charge in [0.2, 0.25) is 5.82 Å². The zero-order chi connectivity index (χ0) is 15.3. The normalized spacial score (nSPS) is 12.0. The van der Waals surface area contributed by atoms with Gasteiger partial charge in [0.15, 0.2) is 0 Å². The number of benzene rings is 1. The first kappa shape index (κ1) is 16.0. The summed E-state index contributed by atoms with van der Waals surface area (Å²) < 4.78 is 26.8. The molecule has 1 unspecified atom stereocenters. The highest BCUT2D eigenvalue weighted by molar-refractivity contribution is 5.94. The Morgan fingerprint density at radius 3 is 2.65 bits per heavy atom. The molecule has 8 heteroatoms. The first-order chi connectivity index (χ1) is 9.36. The van der Waals surface area contributed by atoms with Crippen molar-refractivity contribution in [2.24, 2.45) is 0 Å². The van der Waals surface area contributed by atoms with E-state index >= 15 is 0 Å². The second-order valence-electron chi connectivity index (χ2n) is 4.19. The molecule has 0 aliphatic heterocycles. The molecule has 0 aromatic heterocycles. The van der Waals surface area contributed by atoms with Gasteiger partial charge in [-0.3, -0.25) is 14.9 Å². The first-order valence-electron chi connectivity index (χ1n) is 5.96. The molecule has 0 aliphatic rings. The summed E-state index contributed by atoms with van der Waals surface area (Å²) in [5, 5.41) is 22.1. The Labute approximate surface area is 113 Å². The van der Waals surface area contributed by atoms with Crippen LogP contribution < -0.4 is 5.32 Å². The summed E-state index contributed by atoms with van der Waals surface area (Å²) in [6, 6.07) is 0.821. The summed E-state index contributed by atoms with van der Waals surface area (Å²) in [4.78, 5) is 20.9. The van der Waals surface area contributed by atoms with E-state index in [-0.39, 0.29) is 6.54 Å². The van der Waals surface area contributed by atoms with Gasteiger partial charge >= 0.3 is 5.69 Å². The van der Waals surface area contributed by atoms with Crippen molar-refractivity contribution in [3.05, 3.63) is 39.4 Å². The van der Waals surface area contributed by atoms with E-state index in [1.165, 1.54) is 0 Å². The van der Waals surface area contributed by atoms with Crippen LogP contribution in [0.25, 0.3) is 0 Å². The number of nitro groups is 1. The number of aliphatic hydroxyl groups excluding tert-OH is 1. The number of amides is 1. The lowest BCUT2D eigenvalue weighted by Gasteiger charge is -2.11. The van der Waals surface area contributed by atoms with Gasteiger partial charge in [-0.2, -0.15) is 4.39 Å². The fraction of sp³-hybridized carbons (Fsp3) is 0.417. The number of aliphatic hydroxyl groups is 1. The van der Waals surface area contributed by atoms with Crippen LogP contribution in [0.5, 0.6) is 0 Å². The third-order valence-electron chi connectivity index (χ3n) is 2.60. The van der Waals surface area contributed by atoms with Crippen LogP contribution in [-0.4, -0.2) is 28.6 Å². The van der Waals surface area contributed by atoms with E-state index in [0.29, 0.717) is 25.0 Å². The molecule has 0 saturated carbocycles. The Morgan fingerprint density at radius 2 is 2.10 bits per heavy atom. The zero-order valence-electron chi connectivity index (χ0n) is 10.7. The van der Waals surface area contributed by atoms with Crippen LogP contribution in [0.3, 0.4) is 0 Å². The van der Waals surface area contributed by atoms with Crippen LogP contribution in [0.4, 0.5) is 14.5 Å². The lowest BCUT2D eigenvalue weighted by Crippen LogP contribution is -2.32. The van der Waals surface area contributed by atoms with Gasteiger partial charge in [-0.25, -0.2) is 4.39 Å². The van der Waals surface area contributed by atoms with Crippen molar-refractivity contribution >= 4 is 11.6 Å². The van der Waals surface area contributed by atoms with Crippen molar-refractivity contribution in [3.63, 3.8) is 0 Å². The van der Waals surface area contributed by atoms with Gasteiger partial charge in [0, 0.05) is 6.54 Å². The van der Waals surface area contributed by atoms with E-state index in [4.69, 9.17) is 0 Å². The maximum absolute atomic E-state index is 13.5. The number of nitrogens with zero attached hydrogens (tertiary/aromatic N) is 1. The molecule has 1 rings (SSSR count). The van der Waals surface area contributed by atoms with Gasteiger partial charge in [-0.1, -0.05) is 13.3 Å². The van der Waals surface area contributed by atoms with E-state index in [9.17, 15) is 28.8 Å². The van der Waals surface area contributed by atoms with Gasteiger partial charge in [-0.05, 0) is 12.5 Å². The van der Waals surface area contributed by atoms with Crippen LogP contribution in [0.1, 0.15) is 30.1 Å². The van der Waals surface area contributed by atoms with Crippen molar-refractivity contribution in [3.8, 4) is 0 Å². The van der Waals surface area contributed by atoms with E-state index in [0.717, 1.165) is 0 Å². The highest BCUT2D eigenvalue weighted by atomic mass is 19.1. The fourth-order valence-corrected chi connectivity index (χ4v) is 1.59. The second-order valence-corrected chi connectivity index (χ2v) is 4.19. The number of carbonyl (C=O) groups is 1. The molecule has 0 aliphatic carbocycles. The molecule has 0 spiro atoms. The minimum atomic E-state index is -1.30. The summed E-state index contributed by atoms with van der Waals surface area (Å²) in [6.07, 6.45) is 0.379. The molecule has 1 aromatic carbocycles. The molecule has 110 valence electrons. The molecule has 1 aromatic rings. The molecule has 2 N–H and O–H groups in total. The molecule has 20 heavy (non-hydrogen) atoms. The number of nitrogens with one attached hydrogen (secondary N) is 1. The van der Waals surface area contributed by atoms with Crippen LogP contribution >= 0.6 is 0 Å². The lowest BCUT2D eigenvalue weighted by molar-refractivity contribution is -0.387. The molecule has 1 amide bonds. The smallest absolute Gasteiger partial charge is 0.307 e. The number of halogens is 2. The maximum Gasteiger partial charge on any atom is 0.307 e. The third kappa shape index (κ3) is 3.95. The summed E-state index contributed by atoms with van der Waals surface area (Å²) >= 11 is 0. The quantitative estimate of drug-likeness (QED) is 0.616. The van der Waals surface area contributed by atoms with Crippen molar-refractivity contribution in [2.75, 3.05) is 6.54 Å². The van der Waals surface area contributed by atoms with Crippen molar-refractivity contribution in [2.45, 2.75) is 25.9 Å². The van der Waals surface area contributed by atoms with Gasteiger partial charge in [0.25, 0.3) is 5.91 Å². The average Bonchev–Trinajstić information content (AvgIpc) is 2.38. The minimum absolute atomic E-state index is 0.106. The summed E-state index contributed by atoms with van der Waals surface area (Å²) in [7, 11) is 0. The Balaban J connectivity index is 2.84. The number of hydrogen-bond acceptors (Lipinski definition) is 4. The minimum Gasteiger partial charge on any atom is -0.391 e. The van der Waals surface area contributed by atoms with E-state index < -0.39 is 39.8 Å². The van der Waals surface area contributed by atoms with Crippen molar-refractivity contribution < 1.29 is 23.6 Å². The van der Waals surface area contributed by atoms with Crippen LogP contribution in [-0.2, 0) is 0 Å². The van der Waals surface area contributed by atoms with Crippen molar-refractivity contribution in [1.82, 2.24) is 5.32 Å². The second kappa shape index (κ2) is 6.90. The monoisotopic (exact) mass is 288 g/mol. The van der Waals surface area contributed by atoms with Gasteiger partial charge in [0.1, 0.15) is 5.82 Å². The summed E-state index contributed by atoms with van der Waals surface area (Å²) in [6.45, 7) is 1.74. The summed E-state index contributed by atoms with van der Waals surface area (Å²) in [5.41, 5.74) is -1.68. The molecule has 1 atom stereocenters. The average molecular weight is 288 g/mol. The Morgan fingerprint density at radius 1 is 1.45 bits per heavy atom. The predicted octanol–water partition coefficient (Wildman–Crippen LogP) is 1.76. The van der Waals surface area contributed by atoms with Gasteiger partial charge in [0.05, 0.1) is 22.7 Å². The van der Waals surface area contributed by atoms with Gasteiger partial charge < -0.3 is 10.4 Å². The first-order valence-corrected chi connectivity index (χ1v) is 5.96. The number of nitro benzene ring substituents is 1. The van der Waals surface area contributed by atoms with E-state index in [1.54, 1.807) is 0 Å². The standard InChI is InChI=1S/C12H14F2N2O4/c1-2-3-7(17)6-15-12(18)8-4-10(14)11(16(19)20)5-9(8)13/h4-5,7,17H,2-3,6H2,1H3,(H,15,18). The Hall–Kier alpha value is -2.09.